The summed E-state index contributed by atoms with van der Waals surface area (Å²) < 4.78 is 3.17. The minimum absolute atomic E-state index is 0.0298. The van der Waals surface area contributed by atoms with Gasteiger partial charge in [0.25, 0.3) is 5.56 Å². The Hall–Kier alpha value is -1.88. The van der Waals surface area contributed by atoms with E-state index in [1.54, 1.807) is 39.9 Å². The van der Waals surface area contributed by atoms with Crippen LogP contribution >= 0.6 is 11.3 Å². The van der Waals surface area contributed by atoms with Crippen LogP contribution in [0.15, 0.2) is 40.8 Å². The average Bonchev–Trinajstić information content (AvgIpc) is 2.91. The molecular weight excluding hydrogens is 222 g/mol. The number of hydrogen-bond donors (Lipinski definition) is 0. The lowest BCUT2D eigenvalue weighted by Crippen LogP contribution is -2.17. The molecule has 3 aromatic heterocycles. The van der Waals surface area contributed by atoms with Crippen molar-refractivity contribution in [2.24, 2.45) is 7.05 Å². The summed E-state index contributed by atoms with van der Waals surface area (Å²) >= 11 is 1.62. The van der Waals surface area contributed by atoms with E-state index in [2.05, 4.69) is 5.10 Å². The highest BCUT2D eigenvalue weighted by atomic mass is 32.1. The molecule has 3 heterocycles. The summed E-state index contributed by atoms with van der Waals surface area (Å²) in [5.41, 5.74) is 1.42. The minimum Gasteiger partial charge on any atom is -0.315 e. The van der Waals surface area contributed by atoms with Gasteiger partial charge < -0.3 is 4.57 Å². The van der Waals surface area contributed by atoms with Crippen LogP contribution in [0.5, 0.6) is 0 Å². The zero-order chi connectivity index (χ0) is 11.1. The van der Waals surface area contributed by atoms with E-state index in [1.807, 2.05) is 23.6 Å². The van der Waals surface area contributed by atoms with Crippen molar-refractivity contribution in [1.82, 2.24) is 14.2 Å². The van der Waals surface area contributed by atoms with Gasteiger partial charge in [-0.25, -0.2) is 4.52 Å². The highest BCUT2D eigenvalue weighted by Crippen LogP contribution is 2.23. The number of rotatable bonds is 1. The summed E-state index contributed by atoms with van der Waals surface area (Å²) in [4.78, 5) is 12.9. The summed E-state index contributed by atoms with van der Waals surface area (Å²) in [6.45, 7) is 0. The lowest BCUT2D eigenvalue weighted by molar-refractivity contribution is 0.821. The zero-order valence-electron chi connectivity index (χ0n) is 8.62. The van der Waals surface area contributed by atoms with Crippen LogP contribution in [-0.4, -0.2) is 14.2 Å². The van der Waals surface area contributed by atoms with Crippen LogP contribution in [-0.2, 0) is 7.05 Å². The lowest BCUT2D eigenvalue weighted by Gasteiger charge is -1.95. The van der Waals surface area contributed by atoms with Crippen LogP contribution in [0, 0.1) is 0 Å². The Morgan fingerprint density at radius 3 is 3.00 bits per heavy atom. The first-order valence-electron chi connectivity index (χ1n) is 4.84. The van der Waals surface area contributed by atoms with Gasteiger partial charge in [0.1, 0.15) is 11.2 Å². The first kappa shape index (κ1) is 9.35. The minimum atomic E-state index is -0.0298. The molecule has 0 aromatic carbocycles. The molecule has 0 N–H and O–H groups in total. The molecule has 0 radical (unpaired) electrons. The second-order valence-corrected chi connectivity index (χ2v) is 4.50. The first-order valence-corrected chi connectivity index (χ1v) is 5.72. The van der Waals surface area contributed by atoms with Crippen molar-refractivity contribution in [1.29, 1.82) is 0 Å². The van der Waals surface area contributed by atoms with Crippen LogP contribution in [0.25, 0.3) is 16.1 Å². The topological polar surface area (TPSA) is 39.3 Å². The third-order valence-corrected chi connectivity index (χ3v) is 3.37. The summed E-state index contributed by atoms with van der Waals surface area (Å²) in [5, 5.41) is 6.37. The van der Waals surface area contributed by atoms with Crippen LogP contribution in [0.2, 0.25) is 0 Å². The largest absolute Gasteiger partial charge is 0.315 e. The molecule has 3 aromatic rings. The Kier molecular flexibility index (Phi) is 1.94. The number of thiophene rings is 1. The molecule has 0 amide bonds. The van der Waals surface area contributed by atoms with Crippen molar-refractivity contribution in [3.05, 3.63) is 46.3 Å². The lowest BCUT2D eigenvalue weighted by atomic mass is 10.3. The zero-order valence-corrected chi connectivity index (χ0v) is 9.44. The fraction of sp³-hybridized carbons (Fsp3) is 0.0909. The molecule has 4 nitrogen and oxygen atoms in total. The molecule has 16 heavy (non-hydrogen) atoms. The van der Waals surface area contributed by atoms with E-state index in [0.717, 1.165) is 10.6 Å². The normalized spacial score (nSPS) is 11.1. The maximum Gasteiger partial charge on any atom is 0.276 e. The number of nitrogens with zero attached hydrogens (tertiary/aromatic N) is 3. The third kappa shape index (κ3) is 1.29. The summed E-state index contributed by atoms with van der Waals surface area (Å²) in [6.07, 6.45) is 3.49. The molecule has 0 atom stereocenters. The van der Waals surface area contributed by atoms with Crippen LogP contribution < -0.4 is 5.56 Å². The first-order chi connectivity index (χ1) is 7.75. The van der Waals surface area contributed by atoms with Gasteiger partial charge >= 0.3 is 0 Å². The van der Waals surface area contributed by atoms with E-state index in [9.17, 15) is 4.79 Å². The van der Waals surface area contributed by atoms with E-state index >= 15 is 0 Å². The smallest absolute Gasteiger partial charge is 0.276 e. The second kappa shape index (κ2) is 3.31. The number of hydrogen-bond acceptors (Lipinski definition) is 3. The van der Waals surface area contributed by atoms with Gasteiger partial charge in [-0.1, -0.05) is 6.07 Å². The molecule has 0 unspecified atom stereocenters. The molecule has 3 rings (SSSR count). The average molecular weight is 231 g/mol. The van der Waals surface area contributed by atoms with Crippen molar-refractivity contribution in [2.75, 3.05) is 0 Å². The summed E-state index contributed by atoms with van der Waals surface area (Å²) in [5.74, 6) is 0. The molecule has 80 valence electrons. The van der Waals surface area contributed by atoms with Gasteiger partial charge in [-0.3, -0.25) is 4.79 Å². The molecular formula is C11H9N3OS. The van der Waals surface area contributed by atoms with Crippen molar-refractivity contribution in [3.63, 3.8) is 0 Å². The maximum atomic E-state index is 11.8. The van der Waals surface area contributed by atoms with Gasteiger partial charge in [0.2, 0.25) is 0 Å². The number of fused-ring (bicyclic) bond motifs is 1. The molecule has 0 spiro atoms. The Balaban J connectivity index is 2.32. The molecule has 0 aliphatic heterocycles. The van der Waals surface area contributed by atoms with Gasteiger partial charge in [0.15, 0.2) is 0 Å². The Morgan fingerprint density at radius 1 is 1.38 bits per heavy atom. The van der Waals surface area contributed by atoms with Gasteiger partial charge in [0, 0.05) is 19.4 Å². The second-order valence-electron chi connectivity index (χ2n) is 3.55. The van der Waals surface area contributed by atoms with E-state index in [1.165, 1.54) is 0 Å². The fourth-order valence-electron chi connectivity index (χ4n) is 1.62. The summed E-state index contributed by atoms with van der Waals surface area (Å²) in [7, 11) is 1.74. The van der Waals surface area contributed by atoms with E-state index < -0.39 is 0 Å². The van der Waals surface area contributed by atoms with Gasteiger partial charge in [-0.05, 0) is 17.5 Å². The molecule has 0 aliphatic rings. The van der Waals surface area contributed by atoms with E-state index in [-0.39, 0.29) is 5.56 Å². The van der Waals surface area contributed by atoms with Crippen molar-refractivity contribution in [2.45, 2.75) is 0 Å². The van der Waals surface area contributed by atoms with Crippen molar-refractivity contribution < 1.29 is 0 Å². The molecule has 0 aliphatic carbocycles. The fourth-order valence-corrected chi connectivity index (χ4v) is 2.31. The van der Waals surface area contributed by atoms with Crippen molar-refractivity contribution >= 4 is 16.9 Å². The van der Waals surface area contributed by atoms with E-state index in [4.69, 9.17) is 0 Å². The molecule has 0 fully saturated rings. The van der Waals surface area contributed by atoms with Crippen LogP contribution in [0.1, 0.15) is 0 Å². The molecule has 5 heteroatoms. The number of aromatic nitrogens is 3. The standard InChI is InChI=1S/C11H9N3OS/c1-13-4-5-14-9(11(13)15)7-8(12-14)10-3-2-6-16-10/h2-7H,1H3. The summed E-state index contributed by atoms with van der Waals surface area (Å²) in [6, 6.07) is 5.80. The van der Waals surface area contributed by atoms with Crippen LogP contribution in [0.4, 0.5) is 0 Å². The number of aryl methyl sites for hydroxylation is 1. The van der Waals surface area contributed by atoms with E-state index in [0.29, 0.717) is 5.52 Å². The SMILES string of the molecule is Cn1ccn2nc(-c3cccs3)cc2c1=O. The van der Waals surface area contributed by atoms with Crippen molar-refractivity contribution in [3.8, 4) is 10.6 Å². The molecule has 0 bridgehead atoms. The maximum absolute atomic E-state index is 11.8. The Bertz CT molecular complexity index is 694. The predicted octanol–water partition coefficient (Wildman–Crippen LogP) is 1.76. The van der Waals surface area contributed by atoms with Gasteiger partial charge in [0.05, 0.1) is 4.88 Å². The third-order valence-electron chi connectivity index (χ3n) is 2.48. The quantitative estimate of drug-likeness (QED) is 0.640. The monoisotopic (exact) mass is 231 g/mol. The van der Waals surface area contributed by atoms with Gasteiger partial charge in [-0.15, -0.1) is 11.3 Å². The predicted molar refractivity (Wildman–Crippen MR) is 63.7 cm³/mol. The van der Waals surface area contributed by atoms with Gasteiger partial charge in [-0.2, -0.15) is 5.10 Å². The highest BCUT2D eigenvalue weighted by Gasteiger charge is 2.07. The molecule has 0 saturated carbocycles. The van der Waals surface area contributed by atoms with Crippen LogP contribution in [0.3, 0.4) is 0 Å². The highest BCUT2D eigenvalue weighted by molar-refractivity contribution is 7.13. The molecule has 0 saturated heterocycles. The Labute approximate surface area is 95.4 Å². The Morgan fingerprint density at radius 2 is 2.25 bits per heavy atom.